The van der Waals surface area contributed by atoms with Gasteiger partial charge in [0, 0.05) is 5.25 Å². The predicted octanol–water partition coefficient (Wildman–Crippen LogP) is 2.76. The van der Waals surface area contributed by atoms with Crippen molar-refractivity contribution in [3.05, 3.63) is 35.9 Å². The molecule has 4 heteroatoms. The van der Waals surface area contributed by atoms with Crippen molar-refractivity contribution >= 4 is 17.7 Å². The second-order valence-electron chi connectivity index (χ2n) is 3.53. The first-order valence-corrected chi connectivity index (χ1v) is 6.18. The average Bonchev–Trinajstić information content (AvgIpc) is 2.25. The van der Waals surface area contributed by atoms with Gasteiger partial charge in [0.15, 0.2) is 0 Å². The van der Waals surface area contributed by atoms with Crippen molar-refractivity contribution in [1.82, 2.24) is 0 Å². The topological polar surface area (TPSA) is 46.5 Å². The van der Waals surface area contributed by atoms with Gasteiger partial charge in [0.05, 0.1) is 19.0 Å². The number of ether oxygens (including phenoxy) is 1. The monoisotopic (exact) mass is 240 g/mol. The van der Waals surface area contributed by atoms with Gasteiger partial charge in [-0.3, -0.25) is 4.79 Å². The van der Waals surface area contributed by atoms with Crippen molar-refractivity contribution in [2.45, 2.75) is 25.2 Å². The molecule has 3 nitrogen and oxygen atoms in total. The van der Waals surface area contributed by atoms with Crippen molar-refractivity contribution in [3.8, 4) is 0 Å². The third-order valence-electron chi connectivity index (χ3n) is 2.01. The fourth-order valence-electron chi connectivity index (χ4n) is 1.20. The zero-order valence-corrected chi connectivity index (χ0v) is 10.1. The molecule has 16 heavy (non-hydrogen) atoms. The molecule has 0 aliphatic heterocycles. The van der Waals surface area contributed by atoms with Crippen molar-refractivity contribution < 1.29 is 14.6 Å². The molecule has 1 atom stereocenters. The van der Waals surface area contributed by atoms with E-state index in [1.54, 1.807) is 0 Å². The SMILES string of the molecule is CC(CC(=O)O)SCOCc1ccccc1. The normalized spacial score (nSPS) is 12.3. The Hall–Kier alpha value is -1.00. The largest absolute Gasteiger partial charge is 0.481 e. The number of carbonyl (C=O) groups is 1. The highest BCUT2D eigenvalue weighted by atomic mass is 32.2. The molecule has 88 valence electrons. The summed E-state index contributed by atoms with van der Waals surface area (Å²) >= 11 is 1.52. The summed E-state index contributed by atoms with van der Waals surface area (Å²) < 4.78 is 5.44. The standard InChI is InChI=1S/C12H16O3S/c1-10(7-12(13)14)16-9-15-8-11-5-3-2-4-6-11/h2-6,10H,7-9H2,1H3,(H,13,14). The van der Waals surface area contributed by atoms with E-state index in [1.807, 2.05) is 37.3 Å². The molecule has 0 spiro atoms. The van der Waals surface area contributed by atoms with Crippen LogP contribution in [0, 0.1) is 0 Å². The highest BCUT2D eigenvalue weighted by molar-refractivity contribution is 7.99. The Kier molecular flexibility index (Phi) is 5.96. The van der Waals surface area contributed by atoms with Gasteiger partial charge in [0.25, 0.3) is 0 Å². The lowest BCUT2D eigenvalue weighted by Crippen LogP contribution is -2.07. The van der Waals surface area contributed by atoms with Crippen LogP contribution in [0.3, 0.4) is 0 Å². The van der Waals surface area contributed by atoms with Crippen LogP contribution in [0.2, 0.25) is 0 Å². The number of hydrogen-bond acceptors (Lipinski definition) is 3. The molecule has 1 rings (SSSR count). The first-order valence-electron chi connectivity index (χ1n) is 5.13. The molecular formula is C12H16O3S. The highest BCUT2D eigenvalue weighted by Gasteiger charge is 2.07. The van der Waals surface area contributed by atoms with Crippen LogP contribution >= 0.6 is 11.8 Å². The fraction of sp³-hybridized carbons (Fsp3) is 0.417. The first-order chi connectivity index (χ1) is 7.68. The second kappa shape index (κ2) is 7.30. The van der Waals surface area contributed by atoms with Crippen LogP contribution in [0.25, 0.3) is 0 Å². The summed E-state index contributed by atoms with van der Waals surface area (Å²) in [7, 11) is 0. The van der Waals surface area contributed by atoms with Crippen molar-refractivity contribution in [2.24, 2.45) is 0 Å². The van der Waals surface area contributed by atoms with Gasteiger partial charge in [-0.05, 0) is 5.56 Å². The molecule has 0 bridgehead atoms. The van der Waals surface area contributed by atoms with E-state index in [1.165, 1.54) is 11.8 Å². The number of carboxylic acids is 1. The van der Waals surface area contributed by atoms with Crippen LogP contribution < -0.4 is 0 Å². The third-order valence-corrected chi connectivity index (χ3v) is 3.05. The van der Waals surface area contributed by atoms with Crippen molar-refractivity contribution in [3.63, 3.8) is 0 Å². The molecular weight excluding hydrogens is 224 g/mol. The summed E-state index contributed by atoms with van der Waals surface area (Å²) in [5.41, 5.74) is 1.13. The number of rotatable bonds is 7. The zero-order chi connectivity index (χ0) is 11.8. The van der Waals surface area contributed by atoms with E-state index in [9.17, 15) is 4.79 Å². The van der Waals surface area contributed by atoms with E-state index in [0.29, 0.717) is 12.5 Å². The molecule has 1 unspecified atom stereocenters. The van der Waals surface area contributed by atoms with Gasteiger partial charge in [-0.1, -0.05) is 37.3 Å². The van der Waals surface area contributed by atoms with Crippen LogP contribution in [0.15, 0.2) is 30.3 Å². The van der Waals surface area contributed by atoms with Gasteiger partial charge in [0.2, 0.25) is 0 Å². The lowest BCUT2D eigenvalue weighted by molar-refractivity contribution is -0.136. The van der Waals surface area contributed by atoms with Gasteiger partial charge in [-0.15, -0.1) is 11.8 Å². The van der Waals surface area contributed by atoms with Crippen molar-refractivity contribution in [1.29, 1.82) is 0 Å². The maximum Gasteiger partial charge on any atom is 0.304 e. The van der Waals surface area contributed by atoms with E-state index in [2.05, 4.69) is 0 Å². The van der Waals surface area contributed by atoms with Crippen LogP contribution in [-0.2, 0) is 16.1 Å². The Bertz CT molecular complexity index is 313. The van der Waals surface area contributed by atoms with E-state index in [4.69, 9.17) is 9.84 Å². The zero-order valence-electron chi connectivity index (χ0n) is 9.26. The number of carboxylic acid groups (broad SMARTS) is 1. The number of hydrogen-bond donors (Lipinski definition) is 1. The smallest absolute Gasteiger partial charge is 0.304 e. The fourth-order valence-corrected chi connectivity index (χ4v) is 1.88. The predicted molar refractivity (Wildman–Crippen MR) is 65.4 cm³/mol. The molecule has 0 fully saturated rings. The first kappa shape index (κ1) is 13.1. The molecule has 0 aromatic heterocycles. The Balaban J connectivity index is 2.10. The van der Waals surface area contributed by atoms with Gasteiger partial charge >= 0.3 is 5.97 Å². The summed E-state index contributed by atoms with van der Waals surface area (Å²) in [4.78, 5) is 10.4. The van der Waals surface area contributed by atoms with E-state index < -0.39 is 5.97 Å². The lowest BCUT2D eigenvalue weighted by Gasteiger charge is -2.08. The van der Waals surface area contributed by atoms with Gasteiger partial charge in [-0.2, -0.15) is 0 Å². The highest BCUT2D eigenvalue weighted by Crippen LogP contribution is 2.14. The number of benzene rings is 1. The molecule has 0 saturated heterocycles. The van der Waals surface area contributed by atoms with Gasteiger partial charge in [0.1, 0.15) is 0 Å². The lowest BCUT2D eigenvalue weighted by atomic mass is 10.2. The maximum atomic E-state index is 10.4. The Labute approximate surface area is 99.8 Å². The molecule has 1 N–H and O–H groups in total. The molecule has 0 aliphatic rings. The maximum absolute atomic E-state index is 10.4. The third kappa shape index (κ3) is 5.78. The quantitative estimate of drug-likeness (QED) is 0.588. The van der Waals surface area contributed by atoms with Crippen LogP contribution in [0.4, 0.5) is 0 Å². The molecule has 0 heterocycles. The molecule has 1 aromatic rings. The van der Waals surface area contributed by atoms with Crippen LogP contribution in [0.5, 0.6) is 0 Å². The average molecular weight is 240 g/mol. The molecule has 0 aliphatic carbocycles. The number of aliphatic carboxylic acids is 1. The molecule has 1 aromatic carbocycles. The minimum absolute atomic E-state index is 0.0910. The minimum Gasteiger partial charge on any atom is -0.481 e. The number of thioether (sulfide) groups is 1. The Morgan fingerprint density at radius 3 is 2.75 bits per heavy atom. The van der Waals surface area contributed by atoms with E-state index in [0.717, 1.165) is 5.56 Å². The van der Waals surface area contributed by atoms with Gasteiger partial charge < -0.3 is 9.84 Å². The molecule has 0 amide bonds. The molecule has 0 radical (unpaired) electrons. The van der Waals surface area contributed by atoms with E-state index >= 15 is 0 Å². The summed E-state index contributed by atoms with van der Waals surface area (Å²) in [6, 6.07) is 9.92. The summed E-state index contributed by atoms with van der Waals surface area (Å²) in [5, 5.41) is 8.66. The van der Waals surface area contributed by atoms with Crippen molar-refractivity contribution in [2.75, 3.05) is 5.94 Å². The van der Waals surface area contributed by atoms with Crippen LogP contribution in [-0.4, -0.2) is 22.3 Å². The summed E-state index contributed by atoms with van der Waals surface area (Å²) in [5.74, 6) is -0.230. The second-order valence-corrected chi connectivity index (χ2v) is 4.90. The summed E-state index contributed by atoms with van der Waals surface area (Å²) in [6.45, 7) is 2.47. The molecule has 0 saturated carbocycles. The van der Waals surface area contributed by atoms with Gasteiger partial charge in [-0.25, -0.2) is 0 Å². The van der Waals surface area contributed by atoms with Crippen LogP contribution in [0.1, 0.15) is 18.9 Å². The minimum atomic E-state index is -0.761. The summed E-state index contributed by atoms with van der Waals surface area (Å²) in [6.07, 6.45) is 0.180. The Morgan fingerprint density at radius 2 is 2.12 bits per heavy atom. The Morgan fingerprint density at radius 1 is 1.44 bits per heavy atom. The van der Waals surface area contributed by atoms with E-state index in [-0.39, 0.29) is 11.7 Å².